The summed E-state index contributed by atoms with van der Waals surface area (Å²) in [6.07, 6.45) is 1.26. The zero-order chi connectivity index (χ0) is 25.9. The number of carbonyl (C=O) groups is 1. The normalized spacial score (nSPS) is 11.5. The average molecular weight is 510 g/mol. The Bertz CT molecular complexity index is 474. The van der Waals surface area contributed by atoms with Crippen LogP contribution in [0.5, 0.6) is 0 Å². The highest BCUT2D eigenvalue weighted by atomic mass is 16.6. The Labute approximate surface area is 210 Å². The molecule has 0 aromatic heterocycles. The Morgan fingerprint density at radius 2 is 0.914 bits per heavy atom. The molecule has 11 nitrogen and oxygen atoms in total. The van der Waals surface area contributed by atoms with E-state index in [1.807, 2.05) is 20.8 Å². The highest BCUT2D eigenvalue weighted by Crippen LogP contribution is 2.06. The largest absolute Gasteiger partial charge is 0.444 e. The molecular formula is C24H47NO10. The Balaban J connectivity index is 3.10. The zero-order valence-electron chi connectivity index (χ0n) is 21.9. The van der Waals surface area contributed by atoms with Crippen LogP contribution in [0, 0.1) is 0 Å². The Kier molecular flexibility index (Phi) is 24.8. The minimum atomic E-state index is -0.504. The molecule has 0 aromatic rings. The first-order valence-electron chi connectivity index (χ1n) is 12.2. The Morgan fingerprint density at radius 1 is 0.600 bits per heavy atom. The lowest BCUT2D eigenvalue weighted by molar-refractivity contribution is -0.0225. The first-order chi connectivity index (χ1) is 17.0. The first kappa shape index (κ1) is 33.7. The van der Waals surface area contributed by atoms with E-state index in [0.717, 1.165) is 0 Å². The van der Waals surface area contributed by atoms with Gasteiger partial charge in [0, 0.05) is 6.54 Å². The second-order valence-electron chi connectivity index (χ2n) is 8.08. The van der Waals surface area contributed by atoms with Crippen LogP contribution in [0.3, 0.4) is 0 Å². The maximum atomic E-state index is 11.4. The van der Waals surface area contributed by atoms with E-state index in [2.05, 4.69) is 11.9 Å². The summed E-state index contributed by atoms with van der Waals surface area (Å²) in [6.45, 7) is 17.5. The number of rotatable bonds is 26. The maximum Gasteiger partial charge on any atom is 0.407 e. The van der Waals surface area contributed by atoms with Crippen LogP contribution < -0.4 is 5.32 Å². The van der Waals surface area contributed by atoms with Crippen molar-refractivity contribution in [2.24, 2.45) is 0 Å². The van der Waals surface area contributed by atoms with Gasteiger partial charge in [-0.3, -0.25) is 0 Å². The van der Waals surface area contributed by atoms with Crippen LogP contribution in [0.2, 0.25) is 0 Å². The molecule has 11 heteroatoms. The molecule has 0 radical (unpaired) electrons. The number of amides is 1. The van der Waals surface area contributed by atoms with Gasteiger partial charge in [-0.05, 0) is 20.8 Å². The zero-order valence-corrected chi connectivity index (χ0v) is 21.9. The molecule has 35 heavy (non-hydrogen) atoms. The number of ether oxygens (including phenoxy) is 9. The molecule has 0 saturated carbocycles. The van der Waals surface area contributed by atoms with Crippen molar-refractivity contribution in [1.29, 1.82) is 0 Å². The molecule has 0 rings (SSSR count). The lowest BCUT2D eigenvalue weighted by atomic mass is 10.2. The molecule has 1 N–H and O–H groups in total. The van der Waals surface area contributed by atoms with Crippen molar-refractivity contribution in [3.05, 3.63) is 12.7 Å². The summed E-state index contributed by atoms with van der Waals surface area (Å²) in [5, 5.41) is 2.62. The molecule has 0 saturated heterocycles. The van der Waals surface area contributed by atoms with Crippen LogP contribution in [0.1, 0.15) is 20.8 Å². The molecule has 0 atom stereocenters. The van der Waals surface area contributed by atoms with Crippen molar-refractivity contribution in [2.45, 2.75) is 26.4 Å². The molecule has 208 valence electrons. The van der Waals surface area contributed by atoms with Crippen molar-refractivity contribution >= 4 is 6.09 Å². The molecule has 0 unspecified atom stereocenters. The van der Waals surface area contributed by atoms with Crippen molar-refractivity contribution in [1.82, 2.24) is 5.32 Å². The standard InChI is InChI=1S/C24H47NO10/c1-5-7-27-9-11-29-13-15-31-17-19-33-21-22-34-20-18-32-16-14-30-12-10-28-8-6-25-23(26)35-24(2,3)4/h5H,1,6-22H2,2-4H3,(H,25,26). The molecule has 0 bridgehead atoms. The van der Waals surface area contributed by atoms with Gasteiger partial charge in [0.1, 0.15) is 5.60 Å². The van der Waals surface area contributed by atoms with Gasteiger partial charge in [-0.15, -0.1) is 6.58 Å². The maximum absolute atomic E-state index is 11.4. The molecular weight excluding hydrogens is 462 g/mol. The second kappa shape index (κ2) is 25.8. The summed E-state index contributed by atoms with van der Waals surface area (Å²) < 4.78 is 48.1. The van der Waals surface area contributed by atoms with E-state index in [1.54, 1.807) is 6.08 Å². The molecule has 1 amide bonds. The molecule has 0 aromatic carbocycles. The van der Waals surface area contributed by atoms with E-state index < -0.39 is 11.7 Å². The Hall–Kier alpha value is -1.31. The van der Waals surface area contributed by atoms with Crippen molar-refractivity contribution in [2.75, 3.05) is 112 Å². The summed E-state index contributed by atoms with van der Waals surface area (Å²) in [6, 6.07) is 0. The third kappa shape index (κ3) is 30.7. The fourth-order valence-electron chi connectivity index (χ4n) is 2.25. The van der Waals surface area contributed by atoms with E-state index in [4.69, 9.17) is 42.6 Å². The smallest absolute Gasteiger partial charge is 0.407 e. The minimum Gasteiger partial charge on any atom is -0.444 e. The van der Waals surface area contributed by atoms with Crippen LogP contribution in [0.25, 0.3) is 0 Å². The van der Waals surface area contributed by atoms with Gasteiger partial charge in [-0.1, -0.05) is 6.08 Å². The van der Waals surface area contributed by atoms with Gasteiger partial charge in [-0.25, -0.2) is 4.79 Å². The average Bonchev–Trinajstić information content (AvgIpc) is 2.80. The summed E-state index contributed by atoms with van der Waals surface area (Å²) in [5.74, 6) is 0. The lowest BCUT2D eigenvalue weighted by Gasteiger charge is -2.19. The summed E-state index contributed by atoms with van der Waals surface area (Å²) in [7, 11) is 0. The van der Waals surface area contributed by atoms with E-state index in [1.165, 1.54) is 0 Å². The van der Waals surface area contributed by atoms with Crippen molar-refractivity contribution in [3.8, 4) is 0 Å². The van der Waals surface area contributed by atoms with Gasteiger partial charge in [0.25, 0.3) is 0 Å². The topological polar surface area (TPSA) is 112 Å². The third-order valence-electron chi connectivity index (χ3n) is 3.75. The van der Waals surface area contributed by atoms with Gasteiger partial charge in [-0.2, -0.15) is 0 Å². The minimum absolute atomic E-state index is 0.389. The fourth-order valence-corrected chi connectivity index (χ4v) is 2.25. The van der Waals surface area contributed by atoms with E-state index in [9.17, 15) is 4.79 Å². The van der Waals surface area contributed by atoms with Crippen LogP contribution in [-0.2, 0) is 42.6 Å². The van der Waals surface area contributed by atoms with Gasteiger partial charge >= 0.3 is 6.09 Å². The highest BCUT2D eigenvalue weighted by Gasteiger charge is 2.15. The van der Waals surface area contributed by atoms with Crippen molar-refractivity contribution in [3.63, 3.8) is 0 Å². The lowest BCUT2D eigenvalue weighted by Crippen LogP contribution is -2.34. The summed E-state index contributed by atoms with van der Waals surface area (Å²) >= 11 is 0. The van der Waals surface area contributed by atoms with Gasteiger partial charge in [0.2, 0.25) is 0 Å². The quantitative estimate of drug-likeness (QED) is 0.137. The monoisotopic (exact) mass is 509 g/mol. The molecule has 0 aliphatic heterocycles. The van der Waals surface area contributed by atoms with E-state index in [-0.39, 0.29) is 0 Å². The van der Waals surface area contributed by atoms with Crippen LogP contribution in [0.4, 0.5) is 4.79 Å². The summed E-state index contributed by atoms with van der Waals surface area (Å²) in [5.41, 5.74) is -0.504. The molecule has 0 aliphatic rings. The van der Waals surface area contributed by atoms with Crippen LogP contribution >= 0.6 is 0 Å². The molecule has 0 fully saturated rings. The highest BCUT2D eigenvalue weighted by molar-refractivity contribution is 5.67. The van der Waals surface area contributed by atoms with Gasteiger partial charge in [0.15, 0.2) is 0 Å². The number of nitrogens with one attached hydrogen (secondary N) is 1. The van der Waals surface area contributed by atoms with E-state index >= 15 is 0 Å². The van der Waals surface area contributed by atoms with E-state index in [0.29, 0.717) is 112 Å². The predicted octanol–water partition coefficient (Wildman–Crippen LogP) is 1.83. The van der Waals surface area contributed by atoms with Gasteiger partial charge in [0.05, 0.1) is 106 Å². The number of alkyl carbamates (subject to hydrolysis) is 1. The van der Waals surface area contributed by atoms with Crippen LogP contribution in [0.15, 0.2) is 12.7 Å². The summed E-state index contributed by atoms with van der Waals surface area (Å²) in [4.78, 5) is 11.4. The molecule has 0 heterocycles. The fraction of sp³-hybridized carbons (Fsp3) is 0.875. The first-order valence-corrected chi connectivity index (χ1v) is 12.2. The Morgan fingerprint density at radius 3 is 1.23 bits per heavy atom. The predicted molar refractivity (Wildman–Crippen MR) is 131 cm³/mol. The third-order valence-corrected chi connectivity index (χ3v) is 3.75. The second-order valence-corrected chi connectivity index (χ2v) is 8.08. The van der Waals surface area contributed by atoms with Crippen LogP contribution in [-0.4, -0.2) is 124 Å². The molecule has 0 spiro atoms. The SMILES string of the molecule is C=CCOCCOCCOCCOCCOCCOCCOCCOCCNC(=O)OC(C)(C)C. The number of hydrogen-bond acceptors (Lipinski definition) is 10. The number of carbonyl (C=O) groups excluding carboxylic acids is 1. The van der Waals surface area contributed by atoms with Crippen molar-refractivity contribution < 1.29 is 47.4 Å². The van der Waals surface area contributed by atoms with Gasteiger partial charge < -0.3 is 47.9 Å². The molecule has 0 aliphatic carbocycles. The number of hydrogen-bond donors (Lipinski definition) is 1.